The number of allylic oxidation sites excluding steroid dienone is 6. The van der Waals surface area contributed by atoms with Gasteiger partial charge in [0.25, 0.3) is 0 Å². The largest absolute Gasteiger partial charge is 0.462 e. The summed E-state index contributed by atoms with van der Waals surface area (Å²) in [6.45, 7) is 6.59. The number of hydrogen-bond acceptors (Lipinski definition) is 6. The topological polar surface area (TPSA) is 78.9 Å². The van der Waals surface area contributed by atoms with Crippen LogP contribution < -0.4 is 0 Å². The number of carbonyl (C=O) groups is 3. The number of unbranched alkanes of at least 4 members (excludes halogenated alkanes) is 44. The van der Waals surface area contributed by atoms with E-state index in [2.05, 4.69) is 57.2 Å². The van der Waals surface area contributed by atoms with E-state index in [-0.39, 0.29) is 31.1 Å². The van der Waals surface area contributed by atoms with Gasteiger partial charge in [-0.2, -0.15) is 0 Å². The molecule has 0 saturated carbocycles. The molecule has 1 atom stereocenters. The molecule has 0 N–H and O–H groups in total. The SMILES string of the molecule is CC/C=C\C/C=C\C/C=C\CCCCCCCC(=O)OCC(COC(=O)CCCCCCCCCCCCCCCCCCCCCCCC)OC(=O)CCCCCCCCCCCCCCCCCCCCC. The molecule has 0 aliphatic heterocycles. The van der Waals surface area contributed by atoms with E-state index in [0.717, 1.165) is 96.3 Å². The van der Waals surface area contributed by atoms with Crippen LogP contribution in [-0.2, 0) is 28.6 Å². The van der Waals surface area contributed by atoms with Crippen molar-refractivity contribution in [2.75, 3.05) is 13.2 Å². The summed E-state index contributed by atoms with van der Waals surface area (Å²) in [7, 11) is 0. The molecule has 6 nitrogen and oxygen atoms in total. The monoisotopic (exact) mass is 1040 g/mol. The van der Waals surface area contributed by atoms with Gasteiger partial charge in [0.15, 0.2) is 6.10 Å². The van der Waals surface area contributed by atoms with E-state index in [0.29, 0.717) is 19.3 Å². The molecule has 0 rings (SSSR count). The van der Waals surface area contributed by atoms with Crippen molar-refractivity contribution in [3.05, 3.63) is 36.5 Å². The Bertz CT molecular complexity index is 1240. The van der Waals surface area contributed by atoms with Crippen molar-refractivity contribution in [1.82, 2.24) is 0 Å². The molecule has 0 aromatic carbocycles. The molecule has 0 aromatic rings. The van der Waals surface area contributed by atoms with Gasteiger partial charge in [-0.3, -0.25) is 14.4 Å². The van der Waals surface area contributed by atoms with Crippen LogP contribution in [0.15, 0.2) is 36.5 Å². The van der Waals surface area contributed by atoms with Crippen molar-refractivity contribution in [2.45, 2.75) is 367 Å². The van der Waals surface area contributed by atoms with E-state index in [1.165, 1.54) is 225 Å². The molecule has 0 spiro atoms. The Morgan fingerprint density at radius 1 is 0.284 bits per heavy atom. The zero-order chi connectivity index (χ0) is 53.6. The fourth-order valence-corrected chi connectivity index (χ4v) is 9.99. The first-order chi connectivity index (χ1) is 36.5. The molecule has 0 saturated heterocycles. The third-order valence-corrected chi connectivity index (χ3v) is 14.9. The fourth-order valence-electron chi connectivity index (χ4n) is 9.99. The predicted molar refractivity (Wildman–Crippen MR) is 321 cm³/mol. The van der Waals surface area contributed by atoms with Gasteiger partial charge >= 0.3 is 17.9 Å². The van der Waals surface area contributed by atoms with Crippen LogP contribution in [0.5, 0.6) is 0 Å². The first-order valence-corrected chi connectivity index (χ1v) is 33.0. The van der Waals surface area contributed by atoms with Crippen molar-refractivity contribution in [3.63, 3.8) is 0 Å². The number of esters is 3. The molecule has 0 fully saturated rings. The lowest BCUT2D eigenvalue weighted by Gasteiger charge is -2.18. The van der Waals surface area contributed by atoms with Crippen LogP contribution in [-0.4, -0.2) is 37.2 Å². The zero-order valence-electron chi connectivity index (χ0n) is 49.9. The normalized spacial score (nSPS) is 12.2. The first kappa shape index (κ1) is 71.6. The van der Waals surface area contributed by atoms with E-state index in [4.69, 9.17) is 14.2 Å². The van der Waals surface area contributed by atoms with Crippen LogP contribution in [0.2, 0.25) is 0 Å². The number of hydrogen-bond donors (Lipinski definition) is 0. The van der Waals surface area contributed by atoms with E-state index in [1.54, 1.807) is 0 Å². The average molecular weight is 1040 g/mol. The molecular formula is C68H126O6. The van der Waals surface area contributed by atoms with Gasteiger partial charge in [0.1, 0.15) is 13.2 Å². The molecule has 0 heterocycles. The average Bonchev–Trinajstić information content (AvgIpc) is 3.40. The van der Waals surface area contributed by atoms with Crippen LogP contribution in [0.3, 0.4) is 0 Å². The van der Waals surface area contributed by atoms with E-state index < -0.39 is 6.10 Å². The van der Waals surface area contributed by atoms with Gasteiger partial charge < -0.3 is 14.2 Å². The molecule has 434 valence electrons. The van der Waals surface area contributed by atoms with Crippen LogP contribution >= 0.6 is 0 Å². The summed E-state index contributed by atoms with van der Waals surface area (Å²) in [5, 5.41) is 0. The van der Waals surface area contributed by atoms with Crippen LogP contribution in [0, 0.1) is 0 Å². The third kappa shape index (κ3) is 60.5. The lowest BCUT2D eigenvalue weighted by atomic mass is 10.0. The summed E-state index contributed by atoms with van der Waals surface area (Å²) >= 11 is 0. The highest BCUT2D eigenvalue weighted by molar-refractivity contribution is 5.71. The second-order valence-electron chi connectivity index (χ2n) is 22.4. The minimum atomic E-state index is -0.776. The molecule has 0 aliphatic carbocycles. The van der Waals surface area contributed by atoms with E-state index in [1.807, 2.05) is 0 Å². The Labute approximate surface area is 461 Å². The number of carbonyl (C=O) groups excluding carboxylic acids is 3. The fraction of sp³-hybridized carbons (Fsp3) is 0.868. The summed E-state index contributed by atoms with van der Waals surface area (Å²) in [6, 6.07) is 0. The minimum Gasteiger partial charge on any atom is -0.462 e. The first-order valence-electron chi connectivity index (χ1n) is 33.0. The van der Waals surface area contributed by atoms with Gasteiger partial charge in [0, 0.05) is 19.3 Å². The quantitative estimate of drug-likeness (QED) is 0.0261. The lowest BCUT2D eigenvalue weighted by molar-refractivity contribution is -0.167. The van der Waals surface area contributed by atoms with Crippen molar-refractivity contribution in [1.29, 1.82) is 0 Å². The Morgan fingerprint density at radius 2 is 0.527 bits per heavy atom. The number of rotatable bonds is 61. The third-order valence-electron chi connectivity index (χ3n) is 14.9. The van der Waals surface area contributed by atoms with E-state index >= 15 is 0 Å². The maximum absolute atomic E-state index is 12.9. The summed E-state index contributed by atoms with van der Waals surface area (Å²) in [4.78, 5) is 38.3. The van der Waals surface area contributed by atoms with Crippen molar-refractivity contribution in [3.8, 4) is 0 Å². The second-order valence-corrected chi connectivity index (χ2v) is 22.4. The zero-order valence-corrected chi connectivity index (χ0v) is 49.9. The molecule has 1 unspecified atom stereocenters. The van der Waals surface area contributed by atoms with Gasteiger partial charge in [0.2, 0.25) is 0 Å². The molecule has 0 amide bonds. The smallest absolute Gasteiger partial charge is 0.306 e. The van der Waals surface area contributed by atoms with Crippen LogP contribution in [0.25, 0.3) is 0 Å². The summed E-state index contributed by atoms with van der Waals surface area (Å²) in [5.41, 5.74) is 0. The van der Waals surface area contributed by atoms with Gasteiger partial charge in [-0.05, 0) is 51.4 Å². The molecule has 0 bridgehead atoms. The van der Waals surface area contributed by atoms with Crippen molar-refractivity contribution < 1.29 is 28.6 Å². The molecule has 0 aromatic heterocycles. The maximum Gasteiger partial charge on any atom is 0.306 e. The summed E-state index contributed by atoms with van der Waals surface area (Å²) in [5.74, 6) is -0.862. The van der Waals surface area contributed by atoms with Gasteiger partial charge in [-0.15, -0.1) is 0 Å². The summed E-state index contributed by atoms with van der Waals surface area (Å²) < 4.78 is 17.0. The molecular weight excluding hydrogens is 913 g/mol. The van der Waals surface area contributed by atoms with Crippen molar-refractivity contribution >= 4 is 17.9 Å². The summed E-state index contributed by atoms with van der Waals surface area (Å²) in [6.07, 6.45) is 77.3. The van der Waals surface area contributed by atoms with Gasteiger partial charge in [0.05, 0.1) is 0 Å². The Balaban J connectivity index is 4.29. The van der Waals surface area contributed by atoms with Gasteiger partial charge in [-0.25, -0.2) is 0 Å². The highest BCUT2D eigenvalue weighted by Crippen LogP contribution is 2.18. The second kappa shape index (κ2) is 63.2. The molecule has 0 aliphatic rings. The number of ether oxygens (including phenoxy) is 3. The highest BCUT2D eigenvalue weighted by atomic mass is 16.6. The van der Waals surface area contributed by atoms with Crippen LogP contribution in [0.4, 0.5) is 0 Å². The standard InChI is InChI=1S/C68H126O6/c1-4-7-10-13-16-19-22-25-28-30-32-33-34-36-37-40-43-46-49-52-55-58-61-67(70)73-64-65(63-72-66(69)60-57-54-51-48-45-42-39-27-24-21-18-15-12-9-6-3)74-68(71)62-59-56-53-50-47-44-41-38-35-31-29-26-23-20-17-14-11-8-5-2/h9,12,18,21,27,39,65H,4-8,10-11,13-17,19-20,22-26,28-38,40-64H2,1-3H3/b12-9-,21-18-,39-27-. The molecule has 0 radical (unpaired) electrons. The lowest BCUT2D eigenvalue weighted by Crippen LogP contribution is -2.30. The predicted octanol–water partition coefficient (Wildman–Crippen LogP) is 22.4. The Hall–Kier alpha value is -2.37. The minimum absolute atomic E-state index is 0.0720. The molecule has 74 heavy (non-hydrogen) atoms. The Kier molecular flexibility index (Phi) is 61.1. The molecule has 6 heteroatoms. The highest BCUT2D eigenvalue weighted by Gasteiger charge is 2.19. The van der Waals surface area contributed by atoms with E-state index in [9.17, 15) is 14.4 Å². The van der Waals surface area contributed by atoms with Crippen LogP contribution in [0.1, 0.15) is 361 Å². The Morgan fingerprint density at radius 3 is 0.824 bits per heavy atom. The van der Waals surface area contributed by atoms with Gasteiger partial charge in [-0.1, -0.05) is 327 Å². The maximum atomic E-state index is 12.9. The van der Waals surface area contributed by atoms with Crippen molar-refractivity contribution in [2.24, 2.45) is 0 Å².